The lowest BCUT2D eigenvalue weighted by Crippen LogP contribution is -2.59. The summed E-state index contributed by atoms with van der Waals surface area (Å²) in [6.45, 7) is 5.27. The third kappa shape index (κ3) is 3.32. The van der Waals surface area contributed by atoms with Crippen LogP contribution in [0.15, 0.2) is 18.2 Å². The van der Waals surface area contributed by atoms with Gasteiger partial charge >= 0.3 is 12.1 Å². The highest BCUT2D eigenvalue weighted by atomic mass is 16.6. The Morgan fingerprint density at radius 2 is 1.96 bits per heavy atom. The predicted molar refractivity (Wildman–Crippen MR) is 89.4 cm³/mol. The zero-order valence-electron chi connectivity index (χ0n) is 14.9. The number of hydrogen-bond acceptors (Lipinski definition) is 4. The van der Waals surface area contributed by atoms with Gasteiger partial charge in [0.1, 0.15) is 16.9 Å². The van der Waals surface area contributed by atoms with Gasteiger partial charge in [0, 0.05) is 19.0 Å². The van der Waals surface area contributed by atoms with Gasteiger partial charge < -0.3 is 14.6 Å². The molecule has 132 valence electrons. The van der Waals surface area contributed by atoms with E-state index in [0.717, 1.165) is 11.1 Å². The maximum absolute atomic E-state index is 12.4. The highest BCUT2D eigenvalue weighted by Crippen LogP contribution is 2.38. The molecule has 0 fully saturated rings. The van der Waals surface area contributed by atoms with Gasteiger partial charge in [0.05, 0.1) is 7.11 Å². The van der Waals surface area contributed by atoms with Crippen molar-refractivity contribution in [3.63, 3.8) is 0 Å². The second-order valence-electron chi connectivity index (χ2n) is 7.15. The standard InChI is InChI=1S/C18H25NO5/c1-17(2,3)24-16(22)19(4)18(15(20)21)10-9-12-7-6-8-14(23-5)13(12)11-18/h6-8H,9-11H2,1-5H3,(H,20,21)/t18-/m1/s1. The maximum Gasteiger partial charge on any atom is 0.411 e. The Morgan fingerprint density at radius 1 is 1.29 bits per heavy atom. The number of methoxy groups -OCH3 is 1. The van der Waals surface area contributed by atoms with Crippen LogP contribution in [-0.2, 0) is 22.4 Å². The molecule has 24 heavy (non-hydrogen) atoms. The van der Waals surface area contributed by atoms with E-state index in [1.807, 2.05) is 18.2 Å². The van der Waals surface area contributed by atoms with Crippen molar-refractivity contribution >= 4 is 12.1 Å². The minimum atomic E-state index is -1.34. The molecule has 1 N–H and O–H groups in total. The number of carbonyl (C=O) groups is 2. The molecule has 1 atom stereocenters. The number of carbonyl (C=O) groups excluding carboxylic acids is 1. The number of carboxylic acid groups (broad SMARTS) is 1. The van der Waals surface area contributed by atoms with E-state index in [1.54, 1.807) is 27.9 Å². The van der Waals surface area contributed by atoms with Crippen LogP contribution in [0.3, 0.4) is 0 Å². The van der Waals surface area contributed by atoms with Gasteiger partial charge in [-0.05, 0) is 45.2 Å². The number of benzene rings is 1. The number of carboxylic acids is 1. The predicted octanol–water partition coefficient (Wildman–Crippen LogP) is 2.87. The minimum Gasteiger partial charge on any atom is -0.496 e. The third-order valence-electron chi connectivity index (χ3n) is 4.43. The second kappa shape index (κ2) is 6.34. The van der Waals surface area contributed by atoms with E-state index in [4.69, 9.17) is 9.47 Å². The van der Waals surface area contributed by atoms with Crippen LogP contribution >= 0.6 is 0 Å². The molecular formula is C18H25NO5. The van der Waals surface area contributed by atoms with Gasteiger partial charge in [0.2, 0.25) is 0 Å². The fraction of sp³-hybridized carbons (Fsp3) is 0.556. The van der Waals surface area contributed by atoms with Crippen molar-refractivity contribution in [3.05, 3.63) is 29.3 Å². The Kier molecular flexibility index (Phi) is 4.78. The summed E-state index contributed by atoms with van der Waals surface area (Å²) in [5.41, 5.74) is -0.132. The van der Waals surface area contributed by atoms with Crippen molar-refractivity contribution in [3.8, 4) is 5.75 Å². The van der Waals surface area contributed by atoms with Gasteiger partial charge in [-0.15, -0.1) is 0 Å². The number of amides is 1. The number of aliphatic carboxylic acids is 1. The first-order valence-electron chi connectivity index (χ1n) is 7.96. The van der Waals surface area contributed by atoms with Gasteiger partial charge in [-0.25, -0.2) is 9.59 Å². The molecule has 0 saturated carbocycles. The summed E-state index contributed by atoms with van der Waals surface area (Å²) < 4.78 is 10.7. The van der Waals surface area contributed by atoms with Crippen LogP contribution in [0.4, 0.5) is 4.79 Å². The molecule has 0 aliphatic heterocycles. The number of ether oxygens (including phenoxy) is 2. The fourth-order valence-electron chi connectivity index (χ4n) is 3.08. The maximum atomic E-state index is 12.4. The molecule has 1 aliphatic carbocycles. The Balaban J connectivity index is 2.39. The first kappa shape index (κ1) is 18.1. The van der Waals surface area contributed by atoms with Gasteiger partial charge in [0.25, 0.3) is 0 Å². The number of fused-ring (bicyclic) bond motifs is 1. The number of nitrogens with zero attached hydrogens (tertiary/aromatic N) is 1. The van der Waals surface area contributed by atoms with E-state index in [0.29, 0.717) is 18.6 Å². The summed E-state index contributed by atoms with van der Waals surface area (Å²) in [7, 11) is 3.05. The van der Waals surface area contributed by atoms with Gasteiger partial charge in [-0.2, -0.15) is 0 Å². The van der Waals surface area contributed by atoms with E-state index in [2.05, 4.69) is 0 Å². The molecule has 2 rings (SSSR count). The third-order valence-corrected chi connectivity index (χ3v) is 4.43. The molecule has 1 amide bonds. The van der Waals surface area contributed by atoms with Crippen LogP contribution in [0.1, 0.15) is 38.3 Å². The first-order valence-corrected chi connectivity index (χ1v) is 7.96. The second-order valence-corrected chi connectivity index (χ2v) is 7.15. The molecule has 0 bridgehead atoms. The SMILES string of the molecule is COc1cccc2c1C[C@](C(=O)O)(N(C)C(=O)OC(C)(C)C)CC2. The first-order chi connectivity index (χ1) is 11.1. The monoisotopic (exact) mass is 335 g/mol. The molecule has 0 saturated heterocycles. The molecule has 0 radical (unpaired) electrons. The lowest BCUT2D eigenvalue weighted by atomic mass is 9.76. The molecule has 0 aromatic heterocycles. The summed E-state index contributed by atoms with van der Waals surface area (Å²) in [5, 5.41) is 9.91. The van der Waals surface area contributed by atoms with E-state index in [9.17, 15) is 14.7 Å². The smallest absolute Gasteiger partial charge is 0.411 e. The fourth-order valence-corrected chi connectivity index (χ4v) is 3.08. The topological polar surface area (TPSA) is 76.1 Å². The highest BCUT2D eigenvalue weighted by Gasteiger charge is 2.48. The normalized spacial score (nSPS) is 20.0. The van der Waals surface area contributed by atoms with Crippen molar-refractivity contribution in [1.29, 1.82) is 0 Å². The van der Waals surface area contributed by atoms with Crippen LogP contribution in [0.5, 0.6) is 5.75 Å². The Bertz CT molecular complexity index is 635. The van der Waals surface area contributed by atoms with Crippen LogP contribution in [0.25, 0.3) is 0 Å². The summed E-state index contributed by atoms with van der Waals surface area (Å²) in [6.07, 6.45) is 0.449. The number of aryl methyl sites for hydroxylation is 1. The lowest BCUT2D eigenvalue weighted by Gasteiger charge is -2.42. The summed E-state index contributed by atoms with van der Waals surface area (Å²) >= 11 is 0. The minimum absolute atomic E-state index is 0.192. The van der Waals surface area contributed by atoms with E-state index >= 15 is 0 Å². The molecule has 0 unspecified atom stereocenters. The average molecular weight is 335 g/mol. The molecule has 1 aromatic carbocycles. The van der Waals surface area contributed by atoms with Gasteiger partial charge in [-0.3, -0.25) is 4.90 Å². The number of likely N-dealkylation sites (N-methyl/N-ethyl adjacent to an activating group) is 1. The molecule has 1 aliphatic rings. The van der Waals surface area contributed by atoms with Crippen LogP contribution in [0.2, 0.25) is 0 Å². The van der Waals surface area contributed by atoms with E-state index < -0.39 is 23.2 Å². The molecule has 6 nitrogen and oxygen atoms in total. The average Bonchev–Trinajstić information content (AvgIpc) is 2.51. The van der Waals surface area contributed by atoms with Crippen molar-refractivity contribution in [2.75, 3.05) is 14.2 Å². The molecule has 0 heterocycles. The summed E-state index contributed by atoms with van der Waals surface area (Å²) in [6, 6.07) is 5.67. The summed E-state index contributed by atoms with van der Waals surface area (Å²) in [4.78, 5) is 25.8. The van der Waals surface area contributed by atoms with Crippen molar-refractivity contribution in [2.45, 2.75) is 51.2 Å². The van der Waals surface area contributed by atoms with Gasteiger partial charge in [0.15, 0.2) is 0 Å². The quantitative estimate of drug-likeness (QED) is 0.919. The van der Waals surface area contributed by atoms with Crippen LogP contribution in [-0.4, -0.2) is 47.4 Å². The van der Waals surface area contributed by atoms with E-state index in [1.165, 1.54) is 11.9 Å². The zero-order valence-corrected chi connectivity index (χ0v) is 14.9. The molecule has 0 spiro atoms. The summed E-state index contributed by atoms with van der Waals surface area (Å²) in [5.74, 6) is -0.386. The van der Waals surface area contributed by atoms with Crippen LogP contribution in [0, 0.1) is 0 Å². The molecule has 6 heteroatoms. The largest absolute Gasteiger partial charge is 0.496 e. The van der Waals surface area contributed by atoms with Crippen molar-refractivity contribution in [2.24, 2.45) is 0 Å². The number of hydrogen-bond donors (Lipinski definition) is 1. The number of rotatable bonds is 3. The lowest BCUT2D eigenvalue weighted by molar-refractivity contribution is -0.151. The highest BCUT2D eigenvalue weighted by molar-refractivity contribution is 5.85. The van der Waals surface area contributed by atoms with Crippen molar-refractivity contribution in [1.82, 2.24) is 4.90 Å². The Morgan fingerprint density at radius 3 is 2.50 bits per heavy atom. The Labute approximate surface area is 142 Å². The molecule has 1 aromatic rings. The Hall–Kier alpha value is -2.24. The zero-order chi connectivity index (χ0) is 18.1. The van der Waals surface area contributed by atoms with E-state index in [-0.39, 0.29) is 6.42 Å². The van der Waals surface area contributed by atoms with Crippen LogP contribution < -0.4 is 4.74 Å². The van der Waals surface area contributed by atoms with Gasteiger partial charge in [-0.1, -0.05) is 12.1 Å². The van der Waals surface area contributed by atoms with Crippen molar-refractivity contribution < 1.29 is 24.2 Å². The molecular weight excluding hydrogens is 310 g/mol.